The third-order valence-electron chi connectivity index (χ3n) is 3.05. The van der Waals surface area contributed by atoms with E-state index in [-0.39, 0.29) is 5.78 Å². The van der Waals surface area contributed by atoms with Crippen molar-refractivity contribution in [2.45, 2.75) is 6.54 Å². The van der Waals surface area contributed by atoms with Gasteiger partial charge in [0.15, 0.2) is 5.78 Å². The smallest absolute Gasteiger partial charge is 0.178 e. The lowest BCUT2D eigenvalue weighted by atomic mass is 10.1. The number of H-pyrrole nitrogens is 1. The zero-order valence-corrected chi connectivity index (χ0v) is 10.3. The summed E-state index contributed by atoms with van der Waals surface area (Å²) in [6.45, 7) is 0.851. The molecule has 0 bridgehead atoms. The second kappa shape index (κ2) is 5.12. The quantitative estimate of drug-likeness (QED) is 0.688. The fourth-order valence-corrected chi connectivity index (χ4v) is 2.11. The van der Waals surface area contributed by atoms with Gasteiger partial charge in [-0.2, -0.15) is 0 Å². The Bertz CT molecular complexity index is 683. The number of nitrogens with one attached hydrogen (secondary N) is 2. The highest BCUT2D eigenvalue weighted by molar-refractivity contribution is 6.08. The summed E-state index contributed by atoms with van der Waals surface area (Å²) in [6.07, 6.45) is 3.39. The zero-order chi connectivity index (χ0) is 13.1. The summed E-state index contributed by atoms with van der Waals surface area (Å²) in [4.78, 5) is 15.2. The summed E-state index contributed by atoms with van der Waals surface area (Å²) in [5, 5.41) is 4.05. The van der Waals surface area contributed by atoms with E-state index in [1.165, 1.54) is 0 Å². The van der Waals surface area contributed by atoms with Crippen LogP contribution in [0.3, 0.4) is 0 Å². The maximum atomic E-state index is 12.1. The Morgan fingerprint density at radius 3 is 2.95 bits per heavy atom. The monoisotopic (exact) mass is 254 g/mol. The first-order chi connectivity index (χ1) is 9.34. The second-order valence-corrected chi connectivity index (χ2v) is 4.35. The molecule has 0 atom stereocenters. The van der Waals surface area contributed by atoms with Crippen molar-refractivity contribution in [3.8, 4) is 0 Å². The van der Waals surface area contributed by atoms with E-state index >= 15 is 0 Å². The standard InChI is InChI=1S/C15H14N2O2/c18-15(10-16-8-11-4-3-7-19-11)13-9-17-14-6-2-1-5-12(13)14/h1-7,9,16-17H,8,10H2. The van der Waals surface area contributed by atoms with Crippen LogP contribution in [-0.4, -0.2) is 17.3 Å². The fraction of sp³-hybridized carbons (Fsp3) is 0.133. The Morgan fingerprint density at radius 2 is 2.11 bits per heavy atom. The van der Waals surface area contributed by atoms with E-state index in [1.807, 2.05) is 36.4 Å². The summed E-state index contributed by atoms with van der Waals surface area (Å²) < 4.78 is 5.20. The van der Waals surface area contributed by atoms with Crippen LogP contribution in [0.2, 0.25) is 0 Å². The average molecular weight is 254 g/mol. The van der Waals surface area contributed by atoms with E-state index < -0.39 is 0 Å². The number of aromatic nitrogens is 1. The van der Waals surface area contributed by atoms with Crippen molar-refractivity contribution in [2.75, 3.05) is 6.54 Å². The average Bonchev–Trinajstić information content (AvgIpc) is 3.07. The van der Waals surface area contributed by atoms with Crippen molar-refractivity contribution in [3.05, 3.63) is 60.2 Å². The lowest BCUT2D eigenvalue weighted by molar-refractivity contribution is 0.0992. The van der Waals surface area contributed by atoms with Crippen LogP contribution in [-0.2, 0) is 6.54 Å². The van der Waals surface area contributed by atoms with E-state index in [2.05, 4.69) is 10.3 Å². The number of para-hydroxylation sites is 1. The largest absolute Gasteiger partial charge is 0.468 e. The lowest BCUT2D eigenvalue weighted by Crippen LogP contribution is -2.22. The van der Waals surface area contributed by atoms with Gasteiger partial charge in [-0.15, -0.1) is 0 Å². The molecule has 0 spiro atoms. The van der Waals surface area contributed by atoms with E-state index in [4.69, 9.17) is 4.42 Å². The molecule has 2 heterocycles. The number of carbonyl (C=O) groups is 1. The summed E-state index contributed by atoms with van der Waals surface area (Å²) in [5.41, 5.74) is 1.71. The van der Waals surface area contributed by atoms with Crippen LogP contribution in [0.25, 0.3) is 10.9 Å². The Balaban J connectivity index is 1.67. The molecule has 2 N–H and O–H groups in total. The maximum Gasteiger partial charge on any atom is 0.178 e. The SMILES string of the molecule is O=C(CNCc1ccco1)c1c[nH]c2ccccc12. The summed E-state index contributed by atoms with van der Waals surface area (Å²) in [5.74, 6) is 0.899. The van der Waals surface area contributed by atoms with Gasteiger partial charge in [-0.1, -0.05) is 18.2 Å². The van der Waals surface area contributed by atoms with Crippen molar-refractivity contribution in [1.29, 1.82) is 0 Å². The van der Waals surface area contributed by atoms with Crippen LogP contribution in [0.15, 0.2) is 53.3 Å². The molecule has 1 aromatic carbocycles. The van der Waals surface area contributed by atoms with Gasteiger partial charge >= 0.3 is 0 Å². The molecule has 0 unspecified atom stereocenters. The molecule has 0 aliphatic heterocycles. The predicted molar refractivity (Wildman–Crippen MR) is 73.0 cm³/mol. The maximum absolute atomic E-state index is 12.1. The van der Waals surface area contributed by atoms with Gasteiger partial charge in [-0.25, -0.2) is 0 Å². The molecule has 0 saturated carbocycles. The second-order valence-electron chi connectivity index (χ2n) is 4.35. The first-order valence-corrected chi connectivity index (χ1v) is 6.17. The van der Waals surface area contributed by atoms with Crippen molar-refractivity contribution < 1.29 is 9.21 Å². The van der Waals surface area contributed by atoms with Gasteiger partial charge in [0.1, 0.15) is 5.76 Å². The molecular weight excluding hydrogens is 240 g/mol. The van der Waals surface area contributed by atoms with Gasteiger partial charge in [-0.3, -0.25) is 4.79 Å². The fourth-order valence-electron chi connectivity index (χ4n) is 2.11. The molecule has 0 aliphatic carbocycles. The number of aromatic amines is 1. The third kappa shape index (κ3) is 2.44. The van der Waals surface area contributed by atoms with Crippen molar-refractivity contribution >= 4 is 16.7 Å². The summed E-state index contributed by atoms with van der Waals surface area (Å²) in [7, 11) is 0. The molecule has 0 amide bonds. The van der Waals surface area contributed by atoms with Gasteiger partial charge in [-0.05, 0) is 18.2 Å². The number of furan rings is 1. The van der Waals surface area contributed by atoms with Gasteiger partial charge < -0.3 is 14.7 Å². The Hall–Kier alpha value is -2.33. The molecule has 0 saturated heterocycles. The highest BCUT2D eigenvalue weighted by Crippen LogP contribution is 2.17. The molecule has 4 heteroatoms. The van der Waals surface area contributed by atoms with Crippen LogP contribution < -0.4 is 5.32 Å². The number of hydrogen-bond donors (Lipinski definition) is 2. The van der Waals surface area contributed by atoms with Crippen LogP contribution in [0.5, 0.6) is 0 Å². The molecule has 0 fully saturated rings. The number of hydrogen-bond acceptors (Lipinski definition) is 3. The van der Waals surface area contributed by atoms with Crippen molar-refractivity contribution in [1.82, 2.24) is 10.3 Å². The number of carbonyl (C=O) groups excluding carboxylic acids is 1. The molecule has 3 rings (SSSR count). The van der Waals surface area contributed by atoms with Crippen molar-refractivity contribution in [3.63, 3.8) is 0 Å². The molecule has 0 aliphatic rings. The van der Waals surface area contributed by atoms with Crippen LogP contribution in [0, 0.1) is 0 Å². The first-order valence-electron chi connectivity index (χ1n) is 6.17. The number of Topliss-reactive ketones (excluding diaryl/α,β-unsaturated/α-hetero) is 1. The Labute approximate surface area is 110 Å². The molecule has 19 heavy (non-hydrogen) atoms. The molecular formula is C15H14N2O2. The highest BCUT2D eigenvalue weighted by Gasteiger charge is 2.11. The van der Waals surface area contributed by atoms with Gasteiger partial charge in [0.2, 0.25) is 0 Å². The Kier molecular flexibility index (Phi) is 3.16. The minimum atomic E-state index is 0.0732. The Morgan fingerprint density at radius 1 is 1.21 bits per heavy atom. The highest BCUT2D eigenvalue weighted by atomic mass is 16.3. The van der Waals surface area contributed by atoms with E-state index in [0.29, 0.717) is 13.1 Å². The number of fused-ring (bicyclic) bond motifs is 1. The molecule has 96 valence electrons. The third-order valence-corrected chi connectivity index (χ3v) is 3.05. The minimum absolute atomic E-state index is 0.0732. The van der Waals surface area contributed by atoms with Gasteiger partial charge in [0, 0.05) is 22.7 Å². The lowest BCUT2D eigenvalue weighted by Gasteiger charge is -2.01. The summed E-state index contributed by atoms with van der Waals surface area (Å²) in [6, 6.07) is 11.5. The van der Waals surface area contributed by atoms with E-state index in [9.17, 15) is 4.79 Å². The first kappa shape index (κ1) is 11.7. The van der Waals surface area contributed by atoms with Crippen LogP contribution in [0.4, 0.5) is 0 Å². The molecule has 3 aromatic rings. The molecule has 2 aromatic heterocycles. The number of benzene rings is 1. The van der Waals surface area contributed by atoms with Crippen LogP contribution in [0.1, 0.15) is 16.1 Å². The zero-order valence-electron chi connectivity index (χ0n) is 10.3. The normalized spacial score (nSPS) is 10.9. The summed E-state index contributed by atoms with van der Waals surface area (Å²) >= 11 is 0. The van der Waals surface area contributed by atoms with Gasteiger partial charge in [0.25, 0.3) is 0 Å². The van der Waals surface area contributed by atoms with Crippen molar-refractivity contribution in [2.24, 2.45) is 0 Å². The molecule has 4 nitrogen and oxygen atoms in total. The van der Waals surface area contributed by atoms with E-state index in [1.54, 1.807) is 12.5 Å². The van der Waals surface area contributed by atoms with Gasteiger partial charge in [0.05, 0.1) is 19.4 Å². The topological polar surface area (TPSA) is 58.0 Å². The predicted octanol–water partition coefficient (Wildman–Crippen LogP) is 2.73. The molecule has 0 radical (unpaired) electrons. The van der Waals surface area contributed by atoms with E-state index in [0.717, 1.165) is 22.2 Å². The number of ketones is 1. The van der Waals surface area contributed by atoms with Crippen LogP contribution >= 0.6 is 0 Å². The number of rotatable bonds is 5. The minimum Gasteiger partial charge on any atom is -0.468 e.